The summed E-state index contributed by atoms with van der Waals surface area (Å²) in [6.07, 6.45) is 0. The van der Waals surface area contributed by atoms with Crippen LogP contribution in [0, 0.1) is 0 Å². The normalized spacial score (nSPS) is 11.3. The fraction of sp³-hybridized carbons (Fsp3) is 0.105. The van der Waals surface area contributed by atoms with Gasteiger partial charge in [-0.3, -0.25) is 4.72 Å². The molecule has 26 heavy (non-hydrogen) atoms. The van der Waals surface area contributed by atoms with E-state index >= 15 is 0 Å². The third-order valence-corrected chi connectivity index (χ3v) is 5.46. The zero-order chi connectivity index (χ0) is 18.9. The summed E-state index contributed by atoms with van der Waals surface area (Å²) in [5.74, 6) is -1.20. The monoisotopic (exact) mass is 370 g/mol. The molecule has 0 heterocycles. The quantitative estimate of drug-likeness (QED) is 0.719. The van der Waals surface area contributed by atoms with E-state index < -0.39 is 16.0 Å². The Kier molecular flexibility index (Phi) is 4.56. The van der Waals surface area contributed by atoms with Crippen LogP contribution < -0.4 is 9.62 Å². The highest BCUT2D eigenvalue weighted by Gasteiger charge is 2.21. The minimum absolute atomic E-state index is 0.0285. The highest BCUT2D eigenvalue weighted by atomic mass is 32.2. The number of carbonyl (C=O) groups is 1. The van der Waals surface area contributed by atoms with Crippen molar-refractivity contribution in [1.82, 2.24) is 0 Å². The van der Waals surface area contributed by atoms with Crippen LogP contribution in [0.1, 0.15) is 10.4 Å². The van der Waals surface area contributed by atoms with Crippen molar-refractivity contribution in [1.29, 1.82) is 0 Å². The topological polar surface area (TPSA) is 86.7 Å². The largest absolute Gasteiger partial charge is 0.478 e. The van der Waals surface area contributed by atoms with E-state index in [1.54, 1.807) is 30.3 Å². The van der Waals surface area contributed by atoms with Crippen LogP contribution in [0.3, 0.4) is 0 Å². The van der Waals surface area contributed by atoms with E-state index in [9.17, 15) is 18.3 Å². The average Bonchev–Trinajstić information content (AvgIpc) is 2.60. The first-order valence-electron chi connectivity index (χ1n) is 7.85. The minimum Gasteiger partial charge on any atom is -0.478 e. The van der Waals surface area contributed by atoms with E-state index in [1.807, 2.05) is 31.1 Å². The number of carboxylic acids is 1. The van der Waals surface area contributed by atoms with E-state index in [2.05, 4.69) is 4.72 Å². The Labute approximate surface area is 151 Å². The van der Waals surface area contributed by atoms with Gasteiger partial charge >= 0.3 is 5.97 Å². The zero-order valence-electron chi connectivity index (χ0n) is 14.3. The second-order valence-electron chi connectivity index (χ2n) is 5.98. The Balaban J connectivity index is 2.15. The predicted molar refractivity (Wildman–Crippen MR) is 102 cm³/mol. The second-order valence-corrected chi connectivity index (χ2v) is 7.63. The molecule has 2 N–H and O–H groups in total. The van der Waals surface area contributed by atoms with Gasteiger partial charge in [0.2, 0.25) is 0 Å². The third kappa shape index (κ3) is 3.21. The summed E-state index contributed by atoms with van der Waals surface area (Å²) < 4.78 is 28.3. The maximum Gasteiger partial charge on any atom is 0.337 e. The number of nitrogens with one attached hydrogen (secondary N) is 1. The van der Waals surface area contributed by atoms with Crippen molar-refractivity contribution >= 4 is 38.1 Å². The summed E-state index contributed by atoms with van der Waals surface area (Å²) in [6, 6.07) is 16.4. The summed E-state index contributed by atoms with van der Waals surface area (Å²) in [6.45, 7) is 0. The van der Waals surface area contributed by atoms with Gasteiger partial charge in [0.1, 0.15) is 0 Å². The van der Waals surface area contributed by atoms with Gasteiger partial charge in [-0.05, 0) is 24.3 Å². The van der Waals surface area contributed by atoms with Gasteiger partial charge in [0.05, 0.1) is 16.1 Å². The van der Waals surface area contributed by atoms with E-state index in [4.69, 9.17) is 0 Å². The lowest BCUT2D eigenvalue weighted by Crippen LogP contribution is -2.16. The second kappa shape index (κ2) is 6.68. The van der Waals surface area contributed by atoms with Crippen LogP contribution >= 0.6 is 0 Å². The number of carboxylic acid groups (broad SMARTS) is 1. The molecule has 0 aliphatic heterocycles. The maximum atomic E-state index is 13.0. The van der Waals surface area contributed by atoms with Gasteiger partial charge < -0.3 is 10.0 Å². The van der Waals surface area contributed by atoms with Crippen LogP contribution in [0.15, 0.2) is 65.6 Å². The van der Waals surface area contributed by atoms with Crippen LogP contribution in [-0.4, -0.2) is 33.6 Å². The Morgan fingerprint density at radius 2 is 1.58 bits per heavy atom. The number of aromatic carboxylic acids is 1. The van der Waals surface area contributed by atoms with E-state index in [1.165, 1.54) is 18.2 Å². The first-order chi connectivity index (χ1) is 12.3. The Morgan fingerprint density at radius 3 is 2.27 bits per heavy atom. The van der Waals surface area contributed by atoms with E-state index in [0.717, 1.165) is 11.1 Å². The van der Waals surface area contributed by atoms with Gasteiger partial charge in [-0.2, -0.15) is 0 Å². The van der Waals surface area contributed by atoms with Crippen molar-refractivity contribution in [3.05, 3.63) is 66.2 Å². The minimum atomic E-state index is -3.97. The molecule has 0 aliphatic carbocycles. The van der Waals surface area contributed by atoms with Gasteiger partial charge in [-0.15, -0.1) is 0 Å². The van der Waals surface area contributed by atoms with Crippen molar-refractivity contribution in [3.8, 4) is 0 Å². The number of fused-ring (bicyclic) bond motifs is 1. The van der Waals surface area contributed by atoms with Gasteiger partial charge in [0, 0.05) is 30.6 Å². The summed E-state index contributed by atoms with van der Waals surface area (Å²) >= 11 is 0. The maximum absolute atomic E-state index is 13.0. The van der Waals surface area contributed by atoms with Crippen LogP contribution in [0.4, 0.5) is 11.4 Å². The standard InChI is InChI=1S/C19H18N2O4S/c1-21(2)17-11-5-9-14-13(17)8-6-12-18(14)26(24,25)20-16-10-4-3-7-15(16)19(22)23/h3-12,20H,1-2H3,(H,22,23). The number of sulfonamides is 1. The van der Waals surface area contributed by atoms with Crippen LogP contribution in [-0.2, 0) is 10.0 Å². The molecule has 3 aromatic carbocycles. The molecule has 0 aromatic heterocycles. The molecule has 0 spiro atoms. The molecule has 6 nitrogen and oxygen atoms in total. The highest BCUT2D eigenvalue weighted by Crippen LogP contribution is 2.31. The molecule has 0 fully saturated rings. The number of anilines is 2. The molecule has 134 valence electrons. The number of hydrogen-bond donors (Lipinski definition) is 2. The Hall–Kier alpha value is -3.06. The Bertz CT molecular complexity index is 1090. The molecule has 0 aliphatic rings. The van der Waals surface area contributed by atoms with E-state index in [-0.39, 0.29) is 16.1 Å². The molecule has 3 rings (SSSR count). The lowest BCUT2D eigenvalue weighted by atomic mass is 10.1. The molecule has 0 radical (unpaired) electrons. The number of hydrogen-bond acceptors (Lipinski definition) is 4. The van der Waals surface area contributed by atoms with Gasteiger partial charge in [0.25, 0.3) is 10.0 Å². The molecule has 0 saturated heterocycles. The van der Waals surface area contributed by atoms with Crippen molar-refractivity contribution in [2.24, 2.45) is 0 Å². The van der Waals surface area contributed by atoms with Crippen molar-refractivity contribution in [3.63, 3.8) is 0 Å². The lowest BCUT2D eigenvalue weighted by Gasteiger charge is -2.17. The zero-order valence-corrected chi connectivity index (χ0v) is 15.1. The number of rotatable bonds is 5. The van der Waals surface area contributed by atoms with Crippen LogP contribution in [0.25, 0.3) is 10.8 Å². The first kappa shape index (κ1) is 17.8. The van der Waals surface area contributed by atoms with E-state index in [0.29, 0.717) is 5.39 Å². The average molecular weight is 370 g/mol. The molecule has 0 unspecified atom stereocenters. The molecular weight excluding hydrogens is 352 g/mol. The fourth-order valence-electron chi connectivity index (χ4n) is 2.85. The number of para-hydroxylation sites is 1. The van der Waals surface area contributed by atoms with Gasteiger partial charge in [-0.25, -0.2) is 13.2 Å². The molecule has 7 heteroatoms. The third-order valence-electron chi connectivity index (χ3n) is 4.03. The lowest BCUT2D eigenvalue weighted by molar-refractivity contribution is 0.0698. The molecule has 0 bridgehead atoms. The molecule has 0 amide bonds. The summed E-state index contributed by atoms with van der Waals surface area (Å²) in [4.78, 5) is 13.3. The fourth-order valence-corrected chi connectivity index (χ4v) is 4.15. The van der Waals surface area contributed by atoms with Gasteiger partial charge in [0.15, 0.2) is 0 Å². The van der Waals surface area contributed by atoms with Crippen molar-refractivity contribution < 1.29 is 18.3 Å². The van der Waals surface area contributed by atoms with Crippen LogP contribution in [0.2, 0.25) is 0 Å². The summed E-state index contributed by atoms with van der Waals surface area (Å²) in [5.41, 5.74) is 0.816. The molecule has 0 saturated carbocycles. The summed E-state index contributed by atoms with van der Waals surface area (Å²) in [5, 5.41) is 10.6. The SMILES string of the molecule is CN(C)c1cccc2c(S(=O)(=O)Nc3ccccc3C(=O)O)cccc12. The molecule has 0 atom stereocenters. The van der Waals surface area contributed by atoms with Gasteiger partial charge in [-0.1, -0.05) is 36.4 Å². The van der Waals surface area contributed by atoms with Crippen LogP contribution in [0.5, 0.6) is 0 Å². The predicted octanol–water partition coefficient (Wildman–Crippen LogP) is 3.40. The summed E-state index contributed by atoms with van der Waals surface area (Å²) in [7, 11) is -0.198. The van der Waals surface area contributed by atoms with Crippen molar-refractivity contribution in [2.45, 2.75) is 4.90 Å². The van der Waals surface area contributed by atoms with Crippen molar-refractivity contribution in [2.75, 3.05) is 23.7 Å². The molecule has 3 aromatic rings. The Morgan fingerprint density at radius 1 is 0.923 bits per heavy atom. The first-order valence-corrected chi connectivity index (χ1v) is 9.34. The smallest absolute Gasteiger partial charge is 0.337 e. The molecular formula is C19H18N2O4S. The number of nitrogens with zero attached hydrogens (tertiary/aromatic N) is 1. The number of benzene rings is 3. The highest BCUT2D eigenvalue weighted by molar-refractivity contribution is 7.93.